The number of carbonyl (C=O) groups is 1. The summed E-state index contributed by atoms with van der Waals surface area (Å²) in [5.41, 5.74) is 1.78. The molecule has 1 amide bonds. The third-order valence-electron chi connectivity index (χ3n) is 4.46. The first-order chi connectivity index (χ1) is 12.8. The lowest BCUT2D eigenvalue weighted by Gasteiger charge is -2.14. The molecule has 132 valence electrons. The van der Waals surface area contributed by atoms with Crippen molar-refractivity contribution >= 4 is 11.9 Å². The molecular weight excluding hydrogens is 330 g/mol. The summed E-state index contributed by atoms with van der Waals surface area (Å²) in [6.07, 6.45) is 9.44. The van der Waals surface area contributed by atoms with Crippen molar-refractivity contribution < 1.29 is 9.21 Å². The van der Waals surface area contributed by atoms with E-state index in [2.05, 4.69) is 25.6 Å². The van der Waals surface area contributed by atoms with Gasteiger partial charge in [0, 0.05) is 36.2 Å². The molecule has 1 saturated carbocycles. The minimum atomic E-state index is -0.171. The molecule has 0 aromatic carbocycles. The lowest BCUT2D eigenvalue weighted by atomic mass is 10.2. The Labute approximate surface area is 150 Å². The van der Waals surface area contributed by atoms with Crippen LogP contribution in [0.2, 0.25) is 0 Å². The molecule has 3 heterocycles. The molecular formula is C19H19N5O2. The van der Waals surface area contributed by atoms with Gasteiger partial charge in [-0.1, -0.05) is 0 Å². The number of amides is 1. The Morgan fingerprint density at radius 1 is 1.12 bits per heavy atom. The smallest absolute Gasteiger partial charge is 0.287 e. The van der Waals surface area contributed by atoms with Crippen LogP contribution in [-0.4, -0.2) is 32.9 Å². The first-order valence-corrected chi connectivity index (χ1v) is 8.62. The zero-order chi connectivity index (χ0) is 17.8. The van der Waals surface area contributed by atoms with Gasteiger partial charge in [-0.25, -0.2) is 9.97 Å². The number of nitrogens with zero attached hydrogens (tertiary/aromatic N) is 3. The van der Waals surface area contributed by atoms with Crippen molar-refractivity contribution in [3.8, 4) is 11.3 Å². The van der Waals surface area contributed by atoms with Gasteiger partial charge in [-0.3, -0.25) is 9.78 Å². The van der Waals surface area contributed by atoms with Gasteiger partial charge in [0.15, 0.2) is 5.76 Å². The van der Waals surface area contributed by atoms with Crippen LogP contribution in [0.5, 0.6) is 0 Å². The predicted molar refractivity (Wildman–Crippen MR) is 96.5 cm³/mol. The summed E-state index contributed by atoms with van der Waals surface area (Å²) >= 11 is 0. The number of hydrogen-bond donors (Lipinski definition) is 2. The van der Waals surface area contributed by atoms with Crippen molar-refractivity contribution in [2.75, 3.05) is 5.32 Å². The first-order valence-electron chi connectivity index (χ1n) is 8.62. The number of carbonyl (C=O) groups excluding carboxylic acids is 1. The molecule has 7 nitrogen and oxygen atoms in total. The van der Waals surface area contributed by atoms with E-state index in [1.54, 1.807) is 30.7 Å². The summed E-state index contributed by atoms with van der Waals surface area (Å²) in [5, 5.41) is 6.38. The summed E-state index contributed by atoms with van der Waals surface area (Å²) in [6.45, 7) is 0. The molecule has 4 rings (SSSR count). The molecule has 1 fully saturated rings. The highest BCUT2D eigenvalue weighted by Gasteiger charge is 2.27. The van der Waals surface area contributed by atoms with E-state index < -0.39 is 0 Å². The zero-order valence-electron chi connectivity index (χ0n) is 14.1. The second kappa shape index (κ2) is 7.35. The normalized spacial score (nSPS) is 19.2. The molecule has 0 radical (unpaired) electrons. The minimum Gasteiger partial charge on any atom is -0.459 e. The molecule has 0 bridgehead atoms. The highest BCUT2D eigenvalue weighted by Crippen LogP contribution is 2.23. The summed E-state index contributed by atoms with van der Waals surface area (Å²) in [5.74, 6) is 0.763. The molecule has 3 aromatic rings. The van der Waals surface area contributed by atoms with Gasteiger partial charge in [0.2, 0.25) is 5.95 Å². The lowest BCUT2D eigenvalue weighted by Crippen LogP contribution is -2.33. The molecule has 2 atom stereocenters. The van der Waals surface area contributed by atoms with Crippen molar-refractivity contribution in [3.63, 3.8) is 0 Å². The van der Waals surface area contributed by atoms with Crippen molar-refractivity contribution in [1.82, 2.24) is 20.3 Å². The number of rotatable bonds is 5. The van der Waals surface area contributed by atoms with Crippen molar-refractivity contribution in [3.05, 3.63) is 60.9 Å². The van der Waals surface area contributed by atoms with E-state index >= 15 is 0 Å². The van der Waals surface area contributed by atoms with E-state index in [9.17, 15) is 4.79 Å². The molecule has 2 unspecified atom stereocenters. The fourth-order valence-electron chi connectivity index (χ4n) is 3.19. The van der Waals surface area contributed by atoms with E-state index in [1.807, 2.05) is 18.2 Å². The number of nitrogens with one attached hydrogen (secondary N) is 2. The van der Waals surface area contributed by atoms with E-state index in [0.717, 1.165) is 30.5 Å². The summed E-state index contributed by atoms with van der Waals surface area (Å²) in [6, 6.07) is 9.43. The van der Waals surface area contributed by atoms with Crippen LogP contribution in [0.4, 0.5) is 5.95 Å². The summed E-state index contributed by atoms with van der Waals surface area (Å²) in [4.78, 5) is 25.1. The van der Waals surface area contributed by atoms with Crippen LogP contribution in [-0.2, 0) is 0 Å². The Bertz CT molecular complexity index is 867. The van der Waals surface area contributed by atoms with Gasteiger partial charge < -0.3 is 15.1 Å². The summed E-state index contributed by atoms with van der Waals surface area (Å²) < 4.78 is 5.13. The number of pyridine rings is 1. The Morgan fingerprint density at radius 3 is 2.85 bits per heavy atom. The highest BCUT2D eigenvalue weighted by molar-refractivity contribution is 5.91. The standard InChI is InChI=1S/C19H19N5O2/c25-18(17-4-2-10-26-17)22-14-5-6-15(11-14)23-19-21-9-7-16(24-19)13-3-1-8-20-12-13/h1-4,7-10,12,14-15H,5-6,11H2,(H,22,25)(H,21,23,24). The lowest BCUT2D eigenvalue weighted by molar-refractivity contribution is 0.0909. The molecule has 0 saturated heterocycles. The average molecular weight is 349 g/mol. The fourth-order valence-corrected chi connectivity index (χ4v) is 3.19. The van der Waals surface area contributed by atoms with Gasteiger partial charge in [0.25, 0.3) is 5.91 Å². The Hall–Kier alpha value is -3.22. The van der Waals surface area contributed by atoms with Crippen LogP contribution in [0.1, 0.15) is 29.8 Å². The maximum atomic E-state index is 12.1. The maximum Gasteiger partial charge on any atom is 0.287 e. The molecule has 0 aliphatic heterocycles. The van der Waals surface area contributed by atoms with Crippen LogP contribution >= 0.6 is 0 Å². The van der Waals surface area contributed by atoms with Crippen molar-refractivity contribution in [2.24, 2.45) is 0 Å². The van der Waals surface area contributed by atoms with Gasteiger partial charge in [-0.05, 0) is 49.6 Å². The largest absolute Gasteiger partial charge is 0.459 e. The van der Waals surface area contributed by atoms with Crippen molar-refractivity contribution in [2.45, 2.75) is 31.3 Å². The molecule has 1 aliphatic carbocycles. The maximum absolute atomic E-state index is 12.1. The van der Waals surface area contributed by atoms with Gasteiger partial charge >= 0.3 is 0 Å². The molecule has 3 aromatic heterocycles. The van der Waals surface area contributed by atoms with Gasteiger partial charge in [0.1, 0.15) is 0 Å². The molecule has 1 aliphatic rings. The van der Waals surface area contributed by atoms with Crippen LogP contribution in [0.3, 0.4) is 0 Å². The number of hydrogen-bond acceptors (Lipinski definition) is 6. The first kappa shape index (κ1) is 16.3. The van der Waals surface area contributed by atoms with E-state index in [0.29, 0.717) is 11.7 Å². The third-order valence-corrected chi connectivity index (χ3v) is 4.46. The number of furan rings is 1. The van der Waals surface area contributed by atoms with Gasteiger partial charge in [-0.2, -0.15) is 0 Å². The molecule has 26 heavy (non-hydrogen) atoms. The van der Waals surface area contributed by atoms with Crippen LogP contribution < -0.4 is 10.6 Å². The fraction of sp³-hybridized carbons (Fsp3) is 0.263. The Kier molecular flexibility index (Phi) is 4.59. The van der Waals surface area contributed by atoms with Crippen LogP contribution in [0, 0.1) is 0 Å². The minimum absolute atomic E-state index is 0.117. The van der Waals surface area contributed by atoms with Gasteiger partial charge in [0.05, 0.1) is 12.0 Å². The van der Waals surface area contributed by atoms with Gasteiger partial charge in [-0.15, -0.1) is 0 Å². The topological polar surface area (TPSA) is 92.9 Å². The second-order valence-electron chi connectivity index (χ2n) is 6.31. The number of aromatic nitrogens is 3. The van der Waals surface area contributed by atoms with E-state index in [-0.39, 0.29) is 18.0 Å². The molecule has 2 N–H and O–H groups in total. The third kappa shape index (κ3) is 3.72. The quantitative estimate of drug-likeness (QED) is 0.736. The zero-order valence-corrected chi connectivity index (χ0v) is 14.1. The molecule has 0 spiro atoms. The van der Waals surface area contributed by atoms with Crippen LogP contribution in [0.15, 0.2) is 59.6 Å². The van der Waals surface area contributed by atoms with Crippen LogP contribution in [0.25, 0.3) is 11.3 Å². The summed E-state index contributed by atoms with van der Waals surface area (Å²) in [7, 11) is 0. The van der Waals surface area contributed by atoms with E-state index in [1.165, 1.54) is 6.26 Å². The Balaban J connectivity index is 1.36. The second-order valence-corrected chi connectivity index (χ2v) is 6.31. The van der Waals surface area contributed by atoms with Crippen molar-refractivity contribution in [1.29, 1.82) is 0 Å². The predicted octanol–water partition coefficient (Wildman–Crippen LogP) is 2.89. The number of anilines is 1. The monoisotopic (exact) mass is 349 g/mol. The van der Waals surface area contributed by atoms with E-state index in [4.69, 9.17) is 4.42 Å². The average Bonchev–Trinajstić information content (AvgIpc) is 3.35. The Morgan fingerprint density at radius 2 is 2.04 bits per heavy atom. The highest BCUT2D eigenvalue weighted by atomic mass is 16.3. The SMILES string of the molecule is O=C(NC1CCC(Nc2nccc(-c3cccnc3)n2)C1)c1ccco1. The molecule has 7 heteroatoms.